The van der Waals surface area contributed by atoms with Crippen LogP contribution in [0.15, 0.2) is 6.33 Å². The van der Waals surface area contributed by atoms with Gasteiger partial charge < -0.3 is 30.0 Å². The molecule has 0 spiro atoms. The Morgan fingerprint density at radius 1 is 1.16 bits per heavy atom. The topological polar surface area (TPSA) is 153 Å². The average Bonchev–Trinajstić information content (AvgIpc) is 3.32. The number of esters is 2. The van der Waals surface area contributed by atoms with Crippen molar-refractivity contribution in [2.75, 3.05) is 38.1 Å². The number of aromatic nitrogens is 4. The molecule has 1 aliphatic rings. The summed E-state index contributed by atoms with van der Waals surface area (Å²) in [7, 11) is 1.67. The monoisotopic (exact) mass is 538 g/mol. The quantitative estimate of drug-likeness (QED) is 0.275. The number of hydrogen-bond donors (Lipinski definition) is 2. The van der Waals surface area contributed by atoms with Crippen LogP contribution in [0.4, 0.5) is 16.2 Å². The highest BCUT2D eigenvalue weighted by Gasteiger charge is 2.55. The van der Waals surface area contributed by atoms with Crippen molar-refractivity contribution in [3.63, 3.8) is 0 Å². The predicted molar refractivity (Wildman–Crippen MR) is 138 cm³/mol. The molecule has 1 saturated heterocycles. The van der Waals surface area contributed by atoms with Crippen LogP contribution in [-0.4, -0.2) is 70.3 Å². The van der Waals surface area contributed by atoms with Crippen molar-refractivity contribution in [3.8, 4) is 0 Å². The van der Waals surface area contributed by atoms with Crippen molar-refractivity contribution in [1.82, 2.24) is 19.5 Å². The third kappa shape index (κ3) is 6.32. The van der Waals surface area contributed by atoms with Crippen LogP contribution in [-0.2, 0) is 28.5 Å². The van der Waals surface area contributed by atoms with Crippen LogP contribution >= 0.6 is 0 Å². The van der Waals surface area contributed by atoms with E-state index < -0.39 is 40.7 Å². The van der Waals surface area contributed by atoms with Crippen molar-refractivity contribution in [2.45, 2.75) is 72.9 Å². The maximum absolute atomic E-state index is 16.6. The maximum atomic E-state index is 16.6. The molecule has 0 saturated carbocycles. The number of carbonyl (C=O) groups excluding carboxylic acids is 2. The van der Waals surface area contributed by atoms with Gasteiger partial charge in [-0.05, 0) is 54.9 Å². The molecule has 0 radical (unpaired) electrons. The Morgan fingerprint density at radius 3 is 2.39 bits per heavy atom. The van der Waals surface area contributed by atoms with Crippen molar-refractivity contribution in [2.24, 2.45) is 16.7 Å². The molecule has 0 aromatic carbocycles. The maximum Gasteiger partial charge on any atom is 0.313 e. The average molecular weight is 539 g/mol. The third-order valence-corrected chi connectivity index (χ3v) is 6.33. The molecule has 0 amide bonds. The first kappa shape index (κ1) is 29.5. The summed E-state index contributed by atoms with van der Waals surface area (Å²) >= 11 is 0. The van der Waals surface area contributed by atoms with Gasteiger partial charge in [0.05, 0.1) is 36.5 Å². The Hall–Kier alpha value is -3.06. The van der Waals surface area contributed by atoms with E-state index in [1.165, 1.54) is 17.8 Å². The fraction of sp³-hybridized carbons (Fsp3) is 0.720. The molecule has 1 fully saturated rings. The first-order chi connectivity index (χ1) is 17.6. The number of nitrogen functional groups attached to an aromatic ring is 1. The van der Waals surface area contributed by atoms with E-state index in [1.807, 2.05) is 0 Å². The second-order valence-electron chi connectivity index (χ2n) is 11.6. The van der Waals surface area contributed by atoms with Crippen molar-refractivity contribution in [1.29, 1.82) is 0 Å². The van der Waals surface area contributed by atoms with Gasteiger partial charge in [0.2, 0.25) is 5.95 Å². The van der Waals surface area contributed by atoms with Crippen LogP contribution in [0.1, 0.15) is 61.1 Å². The van der Waals surface area contributed by atoms with Gasteiger partial charge in [-0.25, -0.2) is 9.37 Å². The Balaban J connectivity index is 1.83. The predicted octanol–water partition coefficient (Wildman–Crippen LogP) is 3.23. The van der Waals surface area contributed by atoms with Crippen LogP contribution in [0.5, 0.6) is 0 Å². The highest BCUT2D eigenvalue weighted by molar-refractivity contribution is 5.84. The molecule has 4 atom stereocenters. The first-order valence-electron chi connectivity index (χ1n) is 12.5. The van der Waals surface area contributed by atoms with E-state index >= 15 is 4.39 Å². The van der Waals surface area contributed by atoms with Gasteiger partial charge >= 0.3 is 11.9 Å². The first-order valence-corrected chi connectivity index (χ1v) is 12.5. The Kier molecular flexibility index (Phi) is 8.51. The van der Waals surface area contributed by atoms with Gasteiger partial charge in [-0.2, -0.15) is 9.97 Å². The molecule has 12 nitrogen and oxygen atoms in total. The number of hydrogen-bond acceptors (Lipinski definition) is 11. The number of nitrogens with one attached hydrogen (secondary N) is 1. The molecular formula is C25H39FN6O6. The van der Waals surface area contributed by atoms with E-state index in [-0.39, 0.29) is 38.3 Å². The number of alkyl halides is 1. The van der Waals surface area contributed by atoms with Gasteiger partial charge in [0.25, 0.3) is 0 Å². The summed E-state index contributed by atoms with van der Waals surface area (Å²) in [6.45, 7) is 11.5. The summed E-state index contributed by atoms with van der Waals surface area (Å²) in [6, 6.07) is 0. The second-order valence-corrected chi connectivity index (χ2v) is 11.6. The molecule has 2 aromatic heterocycles. The van der Waals surface area contributed by atoms with Crippen LogP contribution in [0.25, 0.3) is 11.2 Å². The van der Waals surface area contributed by atoms with Crippen molar-refractivity contribution < 1.29 is 32.9 Å². The smallest absolute Gasteiger partial charge is 0.313 e. The van der Waals surface area contributed by atoms with Crippen LogP contribution in [0.3, 0.4) is 0 Å². The Labute approximate surface area is 221 Å². The molecule has 3 heterocycles. The minimum atomic E-state index is -1.95. The van der Waals surface area contributed by atoms with E-state index in [4.69, 9.17) is 24.7 Å². The Morgan fingerprint density at radius 2 is 1.79 bits per heavy atom. The fourth-order valence-corrected chi connectivity index (χ4v) is 4.15. The lowest BCUT2D eigenvalue weighted by atomic mass is 9.85. The zero-order valence-corrected chi connectivity index (χ0v) is 23.3. The number of fused-ring (bicyclic) bond motifs is 1. The van der Waals surface area contributed by atoms with Crippen LogP contribution < -0.4 is 11.1 Å². The SMILES string of the molecule is CNc1nc(N)nc2c1ncn2[C@@H]1O[C@H](COCOC(=O)C(C)(C)C)[C@@H](CCOC(=O)C(C)(C)C)[C@@]1(C)F. The zero-order chi connectivity index (χ0) is 28.5. The summed E-state index contributed by atoms with van der Waals surface area (Å²) in [4.78, 5) is 37.0. The third-order valence-electron chi connectivity index (χ3n) is 6.33. The minimum absolute atomic E-state index is 0.00440. The van der Waals surface area contributed by atoms with E-state index in [0.29, 0.717) is 17.0 Å². The minimum Gasteiger partial charge on any atom is -0.465 e. The number of nitrogens with two attached hydrogens (primary N) is 1. The molecule has 0 bridgehead atoms. The lowest BCUT2D eigenvalue weighted by Gasteiger charge is -2.28. The summed E-state index contributed by atoms with van der Waals surface area (Å²) < 4.78 is 40.4. The number of imidazole rings is 1. The van der Waals surface area contributed by atoms with Crippen LogP contribution in [0.2, 0.25) is 0 Å². The standard InChI is InChI=1S/C25H39FN6O6/c1-23(2,3)20(33)36-10-9-14-15(11-35-13-37-21(34)24(4,5)6)38-19(25(14,7)26)32-12-29-16-17(28-8)30-22(27)31-18(16)32/h12,14-15,19H,9-11,13H2,1-8H3,(H3,27,28,30,31)/t14-,15-,19-,25-/m1/s1. The summed E-state index contributed by atoms with van der Waals surface area (Å²) in [5.74, 6) is -1.16. The number of carbonyl (C=O) groups is 2. The summed E-state index contributed by atoms with van der Waals surface area (Å²) in [5, 5.41) is 2.91. The highest BCUT2D eigenvalue weighted by Crippen LogP contribution is 2.48. The van der Waals surface area contributed by atoms with Gasteiger partial charge in [-0.1, -0.05) is 0 Å². The van der Waals surface area contributed by atoms with E-state index in [2.05, 4.69) is 20.3 Å². The lowest BCUT2D eigenvalue weighted by Crippen LogP contribution is -2.37. The van der Waals surface area contributed by atoms with Gasteiger partial charge in [0.1, 0.15) is 0 Å². The van der Waals surface area contributed by atoms with E-state index in [9.17, 15) is 9.59 Å². The second kappa shape index (κ2) is 11.0. The lowest BCUT2D eigenvalue weighted by molar-refractivity contribution is -0.169. The van der Waals surface area contributed by atoms with Gasteiger partial charge in [-0.15, -0.1) is 0 Å². The number of halogens is 1. The molecule has 38 heavy (non-hydrogen) atoms. The van der Waals surface area contributed by atoms with E-state index in [0.717, 1.165) is 0 Å². The van der Waals surface area contributed by atoms with Gasteiger partial charge in [0, 0.05) is 13.0 Å². The molecule has 13 heteroatoms. The molecule has 3 rings (SSSR count). The molecule has 0 unspecified atom stereocenters. The number of ether oxygens (including phenoxy) is 4. The highest BCUT2D eigenvalue weighted by atomic mass is 19.1. The van der Waals surface area contributed by atoms with Gasteiger partial charge in [-0.3, -0.25) is 14.2 Å². The van der Waals surface area contributed by atoms with Crippen LogP contribution in [0, 0.1) is 16.7 Å². The number of nitrogens with zero attached hydrogens (tertiary/aromatic N) is 4. The molecule has 2 aromatic rings. The van der Waals surface area contributed by atoms with Crippen molar-refractivity contribution >= 4 is 34.9 Å². The Bertz CT molecular complexity index is 1160. The molecule has 1 aliphatic heterocycles. The number of rotatable bonds is 9. The fourth-order valence-electron chi connectivity index (χ4n) is 4.15. The largest absolute Gasteiger partial charge is 0.465 e. The van der Waals surface area contributed by atoms with E-state index in [1.54, 1.807) is 48.6 Å². The normalized spacial score (nSPS) is 24.0. The summed E-state index contributed by atoms with van der Waals surface area (Å²) in [5.41, 5.74) is 3.25. The van der Waals surface area contributed by atoms with Gasteiger partial charge in [0.15, 0.2) is 35.7 Å². The molecule has 3 N–H and O–H groups in total. The van der Waals surface area contributed by atoms with Crippen molar-refractivity contribution in [3.05, 3.63) is 6.33 Å². The number of anilines is 2. The molecule has 212 valence electrons. The molecular weight excluding hydrogens is 499 g/mol. The summed E-state index contributed by atoms with van der Waals surface area (Å²) in [6.07, 6.45) is -0.294. The zero-order valence-electron chi connectivity index (χ0n) is 23.3. The molecule has 0 aliphatic carbocycles.